The van der Waals surface area contributed by atoms with Crippen molar-refractivity contribution < 1.29 is 8.42 Å². The van der Waals surface area contributed by atoms with E-state index < -0.39 is 10.0 Å². The molecule has 2 N–H and O–H groups in total. The number of aromatic nitrogens is 2. The maximum atomic E-state index is 12.5. The summed E-state index contributed by atoms with van der Waals surface area (Å²) in [7, 11) is -3.51. The Morgan fingerprint density at radius 1 is 1.14 bits per heavy atom. The third kappa shape index (κ3) is 2.85. The first-order valence-electron chi connectivity index (χ1n) is 6.43. The molecule has 0 spiro atoms. The highest BCUT2D eigenvalue weighted by Gasteiger charge is 2.29. The molecule has 112 valence electrons. The Hall–Kier alpha value is -1.71. The van der Waals surface area contributed by atoms with Gasteiger partial charge in [0.1, 0.15) is 5.82 Å². The predicted molar refractivity (Wildman–Crippen MR) is 81.7 cm³/mol. The highest BCUT2D eigenvalue weighted by Crippen LogP contribution is 2.22. The molecule has 2 aromatic heterocycles. The first-order valence-corrected chi connectivity index (χ1v) is 8.75. The van der Waals surface area contributed by atoms with Gasteiger partial charge in [0, 0.05) is 50.0 Å². The minimum absolute atomic E-state index is 0.192. The van der Waals surface area contributed by atoms with E-state index in [0.717, 1.165) is 5.13 Å². The molecular formula is C12H15N5O2S2. The fraction of sp³-hybridized carbons (Fsp3) is 0.333. The second-order valence-corrected chi connectivity index (χ2v) is 7.43. The second-order valence-electron chi connectivity index (χ2n) is 4.62. The van der Waals surface area contributed by atoms with Crippen LogP contribution < -0.4 is 10.6 Å². The van der Waals surface area contributed by atoms with Crippen LogP contribution in [0.3, 0.4) is 0 Å². The summed E-state index contributed by atoms with van der Waals surface area (Å²) < 4.78 is 26.6. The van der Waals surface area contributed by atoms with Gasteiger partial charge in [-0.3, -0.25) is 0 Å². The Balaban J connectivity index is 1.74. The fourth-order valence-corrected chi connectivity index (χ4v) is 4.37. The van der Waals surface area contributed by atoms with Crippen molar-refractivity contribution in [2.24, 2.45) is 0 Å². The number of sulfonamides is 1. The molecule has 1 aliphatic rings. The zero-order valence-electron chi connectivity index (χ0n) is 11.2. The summed E-state index contributed by atoms with van der Waals surface area (Å²) in [6.45, 7) is 2.13. The molecule has 1 aliphatic heterocycles. The van der Waals surface area contributed by atoms with E-state index in [9.17, 15) is 8.42 Å². The highest BCUT2D eigenvalue weighted by atomic mass is 32.2. The van der Waals surface area contributed by atoms with Crippen molar-refractivity contribution in [2.45, 2.75) is 4.90 Å². The molecular weight excluding hydrogens is 310 g/mol. The SMILES string of the molecule is Nc1cc(S(=O)(=O)N2CCN(c3nccs3)CC2)ccn1. The van der Waals surface area contributed by atoms with Gasteiger partial charge < -0.3 is 10.6 Å². The van der Waals surface area contributed by atoms with Crippen molar-refractivity contribution in [3.05, 3.63) is 29.9 Å². The molecule has 7 nitrogen and oxygen atoms in total. The van der Waals surface area contributed by atoms with Crippen LogP contribution in [0.2, 0.25) is 0 Å². The number of hydrogen-bond acceptors (Lipinski definition) is 7. The van der Waals surface area contributed by atoms with Gasteiger partial charge in [0.25, 0.3) is 0 Å². The lowest BCUT2D eigenvalue weighted by molar-refractivity contribution is 0.384. The molecule has 21 heavy (non-hydrogen) atoms. The average Bonchev–Trinajstić information content (AvgIpc) is 3.02. The molecule has 0 unspecified atom stereocenters. The van der Waals surface area contributed by atoms with Crippen LogP contribution in [0.15, 0.2) is 34.8 Å². The maximum Gasteiger partial charge on any atom is 0.243 e. The lowest BCUT2D eigenvalue weighted by atomic mass is 10.4. The maximum absolute atomic E-state index is 12.5. The smallest absolute Gasteiger partial charge is 0.243 e. The van der Waals surface area contributed by atoms with E-state index in [4.69, 9.17) is 5.73 Å². The molecule has 0 bridgehead atoms. The summed E-state index contributed by atoms with van der Waals surface area (Å²) in [5.41, 5.74) is 5.56. The van der Waals surface area contributed by atoms with Gasteiger partial charge in [-0.1, -0.05) is 0 Å². The van der Waals surface area contributed by atoms with Crippen LogP contribution in [-0.4, -0.2) is 48.9 Å². The standard InChI is InChI=1S/C12H15N5O2S2/c13-11-9-10(1-2-14-11)21(18,19)17-6-4-16(5-7-17)12-15-3-8-20-12/h1-3,8-9H,4-7H2,(H2,13,14). The van der Waals surface area contributed by atoms with E-state index in [-0.39, 0.29) is 10.7 Å². The first kappa shape index (κ1) is 14.2. The Labute approximate surface area is 127 Å². The van der Waals surface area contributed by atoms with Crippen LogP contribution >= 0.6 is 11.3 Å². The van der Waals surface area contributed by atoms with Gasteiger partial charge in [-0.25, -0.2) is 18.4 Å². The summed E-state index contributed by atoms with van der Waals surface area (Å²) in [6.07, 6.45) is 3.16. The molecule has 0 aromatic carbocycles. The lowest BCUT2D eigenvalue weighted by Gasteiger charge is -2.33. The molecule has 0 amide bonds. The number of piperazine rings is 1. The summed E-state index contributed by atoms with van der Waals surface area (Å²) in [6, 6.07) is 2.86. The van der Waals surface area contributed by atoms with E-state index in [1.54, 1.807) is 17.5 Å². The van der Waals surface area contributed by atoms with Gasteiger partial charge in [0.2, 0.25) is 10.0 Å². The van der Waals surface area contributed by atoms with Gasteiger partial charge in [-0.2, -0.15) is 4.31 Å². The minimum Gasteiger partial charge on any atom is -0.384 e. The Bertz CT molecular complexity index is 709. The molecule has 1 saturated heterocycles. The zero-order chi connectivity index (χ0) is 14.9. The zero-order valence-corrected chi connectivity index (χ0v) is 12.8. The molecule has 0 radical (unpaired) electrons. The van der Waals surface area contributed by atoms with Gasteiger partial charge in [0.05, 0.1) is 4.90 Å². The summed E-state index contributed by atoms with van der Waals surface area (Å²) in [4.78, 5) is 10.4. The number of nitrogen functional groups attached to an aromatic ring is 1. The number of nitrogens with two attached hydrogens (primary N) is 1. The van der Waals surface area contributed by atoms with E-state index in [1.807, 2.05) is 5.38 Å². The fourth-order valence-electron chi connectivity index (χ4n) is 2.23. The number of rotatable bonds is 3. The van der Waals surface area contributed by atoms with Gasteiger partial charge in [-0.05, 0) is 6.07 Å². The monoisotopic (exact) mass is 325 g/mol. The van der Waals surface area contributed by atoms with Crippen LogP contribution in [0, 0.1) is 0 Å². The summed E-state index contributed by atoms with van der Waals surface area (Å²) in [5.74, 6) is 0.206. The lowest BCUT2D eigenvalue weighted by Crippen LogP contribution is -2.48. The highest BCUT2D eigenvalue weighted by molar-refractivity contribution is 7.89. The van der Waals surface area contributed by atoms with E-state index >= 15 is 0 Å². The topological polar surface area (TPSA) is 92.4 Å². The van der Waals surface area contributed by atoms with Crippen molar-refractivity contribution in [3.63, 3.8) is 0 Å². The molecule has 1 fully saturated rings. The van der Waals surface area contributed by atoms with Crippen molar-refractivity contribution in [1.82, 2.24) is 14.3 Å². The van der Waals surface area contributed by atoms with Gasteiger partial charge >= 0.3 is 0 Å². The Kier molecular flexibility index (Phi) is 3.79. The third-order valence-electron chi connectivity index (χ3n) is 3.32. The number of pyridine rings is 1. The van der Waals surface area contributed by atoms with Crippen LogP contribution in [0.1, 0.15) is 0 Å². The van der Waals surface area contributed by atoms with E-state index in [0.29, 0.717) is 26.2 Å². The molecule has 0 atom stereocenters. The average molecular weight is 325 g/mol. The number of thiazole rings is 1. The number of hydrogen-bond donors (Lipinski definition) is 1. The van der Waals surface area contributed by atoms with Gasteiger partial charge in [0.15, 0.2) is 5.13 Å². The molecule has 3 heterocycles. The van der Waals surface area contributed by atoms with Crippen molar-refractivity contribution in [3.8, 4) is 0 Å². The molecule has 2 aromatic rings. The largest absolute Gasteiger partial charge is 0.384 e. The minimum atomic E-state index is -3.51. The Morgan fingerprint density at radius 3 is 2.52 bits per heavy atom. The normalized spacial score (nSPS) is 17.0. The quantitative estimate of drug-likeness (QED) is 0.890. The van der Waals surface area contributed by atoms with Crippen LogP contribution in [0.4, 0.5) is 10.9 Å². The van der Waals surface area contributed by atoms with Crippen molar-refractivity contribution in [1.29, 1.82) is 0 Å². The van der Waals surface area contributed by atoms with Crippen molar-refractivity contribution in [2.75, 3.05) is 36.8 Å². The van der Waals surface area contributed by atoms with Crippen LogP contribution in [-0.2, 0) is 10.0 Å². The van der Waals surface area contributed by atoms with Crippen molar-refractivity contribution >= 4 is 32.3 Å². The summed E-state index contributed by atoms with van der Waals surface area (Å²) in [5, 5.41) is 2.85. The third-order valence-corrected chi connectivity index (χ3v) is 6.05. The molecule has 0 saturated carbocycles. The predicted octanol–water partition coefficient (Wildman–Crippen LogP) is 0.631. The van der Waals surface area contributed by atoms with E-state index in [2.05, 4.69) is 14.9 Å². The van der Waals surface area contributed by atoms with Gasteiger partial charge in [-0.15, -0.1) is 11.3 Å². The molecule has 9 heteroatoms. The van der Waals surface area contributed by atoms with Crippen LogP contribution in [0.25, 0.3) is 0 Å². The molecule has 3 rings (SSSR count). The first-order chi connectivity index (χ1) is 10.1. The van der Waals surface area contributed by atoms with Crippen LogP contribution in [0.5, 0.6) is 0 Å². The van der Waals surface area contributed by atoms with E-state index in [1.165, 1.54) is 22.6 Å². The Morgan fingerprint density at radius 2 is 1.90 bits per heavy atom. The number of anilines is 2. The molecule has 0 aliphatic carbocycles. The second kappa shape index (κ2) is 5.58. The summed E-state index contributed by atoms with van der Waals surface area (Å²) >= 11 is 1.56. The number of nitrogens with zero attached hydrogens (tertiary/aromatic N) is 4.